The van der Waals surface area contributed by atoms with Gasteiger partial charge in [0.05, 0.1) is 11.3 Å². The summed E-state index contributed by atoms with van der Waals surface area (Å²) < 4.78 is 59.9. The molecule has 3 aliphatic rings. The Bertz CT molecular complexity index is 1220. The van der Waals surface area contributed by atoms with Crippen molar-refractivity contribution in [2.75, 3.05) is 23.3 Å². The van der Waals surface area contributed by atoms with E-state index >= 15 is 0 Å². The highest BCUT2D eigenvalue weighted by Crippen LogP contribution is 2.42. The van der Waals surface area contributed by atoms with Crippen molar-refractivity contribution in [1.29, 1.82) is 0 Å². The molecule has 3 aromatic rings. The van der Waals surface area contributed by atoms with E-state index in [9.17, 15) is 17.6 Å². The van der Waals surface area contributed by atoms with Gasteiger partial charge in [0.25, 0.3) is 0 Å². The minimum Gasteiger partial charge on any atom is -0.361 e. The number of rotatable bonds is 4. The average Bonchev–Trinajstić information content (AvgIpc) is 3.48. The molecular weight excluding hydrogens is 480 g/mol. The van der Waals surface area contributed by atoms with Crippen LogP contribution < -0.4 is 10.2 Å². The van der Waals surface area contributed by atoms with Gasteiger partial charge in [-0.05, 0) is 79.7 Å². The standard InChI is InChI=1S/C24H26F4N6S/c1-13-9-20(35-32-13)33-11-14-4-5-15(12-33)21(14)29-23-30-22-18(3-2-8-34(22)31-23)17-7-6-16(10-19(17)25)24(26,27)28/h6-7,9-10,14-15,18,21H,2-5,8,11-12H2,1H3,(H,29,31)/t14-,15+,18?,21?. The Morgan fingerprint density at radius 3 is 2.51 bits per heavy atom. The van der Waals surface area contributed by atoms with Crippen LogP contribution in [-0.2, 0) is 12.7 Å². The summed E-state index contributed by atoms with van der Waals surface area (Å²) in [7, 11) is 0. The summed E-state index contributed by atoms with van der Waals surface area (Å²) in [6, 6.07) is 5.19. The molecule has 2 aromatic heterocycles. The zero-order valence-corrected chi connectivity index (χ0v) is 20.0. The lowest BCUT2D eigenvalue weighted by Crippen LogP contribution is -2.48. The first-order valence-corrected chi connectivity index (χ1v) is 12.8. The van der Waals surface area contributed by atoms with Gasteiger partial charge in [0.1, 0.15) is 16.6 Å². The van der Waals surface area contributed by atoms with Crippen LogP contribution in [0.5, 0.6) is 0 Å². The van der Waals surface area contributed by atoms with E-state index in [2.05, 4.69) is 25.8 Å². The van der Waals surface area contributed by atoms with Gasteiger partial charge in [-0.3, -0.25) is 0 Å². The summed E-state index contributed by atoms with van der Waals surface area (Å²) in [5.74, 6) is 0.826. The van der Waals surface area contributed by atoms with Crippen molar-refractivity contribution in [1.82, 2.24) is 19.1 Å². The maximum absolute atomic E-state index is 14.7. The van der Waals surface area contributed by atoms with Gasteiger partial charge < -0.3 is 10.2 Å². The Kier molecular flexibility index (Phi) is 5.50. The molecule has 1 aliphatic carbocycles. The third-order valence-corrected chi connectivity index (χ3v) is 8.58. The molecule has 2 unspecified atom stereocenters. The van der Waals surface area contributed by atoms with Gasteiger partial charge in [-0.25, -0.2) is 9.07 Å². The summed E-state index contributed by atoms with van der Waals surface area (Å²) in [4.78, 5) is 7.15. The van der Waals surface area contributed by atoms with Crippen LogP contribution in [0.2, 0.25) is 0 Å². The zero-order chi connectivity index (χ0) is 24.3. The van der Waals surface area contributed by atoms with Crippen LogP contribution in [-0.4, -0.2) is 38.3 Å². The van der Waals surface area contributed by atoms with E-state index in [4.69, 9.17) is 4.98 Å². The van der Waals surface area contributed by atoms with Gasteiger partial charge in [0.2, 0.25) is 5.95 Å². The summed E-state index contributed by atoms with van der Waals surface area (Å²) in [5.41, 5.74) is 0.309. The highest BCUT2D eigenvalue weighted by Gasteiger charge is 2.43. The lowest BCUT2D eigenvalue weighted by molar-refractivity contribution is -0.137. The lowest BCUT2D eigenvalue weighted by Gasteiger charge is -2.38. The second kappa shape index (κ2) is 8.46. The SMILES string of the molecule is Cc1cc(N2C[C@H]3CC[C@@H](C2)C3Nc2nc3n(n2)CCCC3c2ccc(C(F)(F)F)cc2F)sn1. The van der Waals surface area contributed by atoms with Crippen LogP contribution in [0.1, 0.15) is 54.2 Å². The van der Waals surface area contributed by atoms with E-state index in [0.29, 0.717) is 42.6 Å². The van der Waals surface area contributed by atoms with E-state index in [1.54, 1.807) is 16.2 Å². The smallest absolute Gasteiger partial charge is 0.361 e. The largest absolute Gasteiger partial charge is 0.416 e. The summed E-state index contributed by atoms with van der Waals surface area (Å²) in [6.07, 6.45) is -0.902. The number of aromatic nitrogens is 4. The van der Waals surface area contributed by atoms with Crippen molar-refractivity contribution in [3.05, 3.63) is 52.7 Å². The maximum Gasteiger partial charge on any atom is 0.416 e. The van der Waals surface area contributed by atoms with Crippen LogP contribution in [0.3, 0.4) is 0 Å². The number of piperidine rings is 1. The predicted octanol–water partition coefficient (Wildman–Crippen LogP) is 5.45. The van der Waals surface area contributed by atoms with Crippen LogP contribution in [0, 0.1) is 24.6 Å². The van der Waals surface area contributed by atoms with Gasteiger partial charge in [-0.1, -0.05) is 6.07 Å². The molecule has 4 heterocycles. The van der Waals surface area contributed by atoms with Gasteiger partial charge in [-0.2, -0.15) is 22.5 Å². The quantitative estimate of drug-likeness (QED) is 0.477. The Balaban J connectivity index is 1.21. The Morgan fingerprint density at radius 2 is 1.86 bits per heavy atom. The normalized spacial score (nSPS) is 26.1. The number of alkyl halides is 3. The monoisotopic (exact) mass is 506 g/mol. The second-order valence-corrected chi connectivity index (χ2v) is 10.7. The number of benzene rings is 1. The van der Waals surface area contributed by atoms with Crippen LogP contribution in [0.15, 0.2) is 24.3 Å². The molecule has 6 nitrogen and oxygen atoms in total. The second-order valence-electron chi connectivity index (χ2n) is 9.92. The number of nitrogens with zero attached hydrogens (tertiary/aromatic N) is 5. The first-order valence-electron chi connectivity index (χ1n) is 12.0. The molecule has 1 saturated carbocycles. The topological polar surface area (TPSA) is 58.9 Å². The van der Waals surface area contributed by atoms with Crippen molar-refractivity contribution >= 4 is 22.5 Å². The molecule has 6 rings (SSSR count). The lowest BCUT2D eigenvalue weighted by atomic mass is 9.90. The molecule has 11 heteroatoms. The molecule has 1 N–H and O–H groups in total. The molecule has 35 heavy (non-hydrogen) atoms. The highest BCUT2D eigenvalue weighted by atomic mass is 32.1. The predicted molar refractivity (Wildman–Crippen MR) is 125 cm³/mol. The van der Waals surface area contributed by atoms with E-state index < -0.39 is 23.5 Å². The third kappa shape index (κ3) is 4.17. The maximum atomic E-state index is 14.7. The fourth-order valence-corrected chi connectivity index (χ4v) is 6.76. The Morgan fingerprint density at radius 1 is 1.09 bits per heavy atom. The number of aryl methyl sites for hydroxylation is 2. The summed E-state index contributed by atoms with van der Waals surface area (Å²) in [6.45, 7) is 4.60. The number of anilines is 2. The fraction of sp³-hybridized carbons (Fsp3) is 0.542. The first kappa shape index (κ1) is 22.8. The molecule has 1 aromatic carbocycles. The van der Waals surface area contributed by atoms with Crippen molar-refractivity contribution in [3.63, 3.8) is 0 Å². The minimum absolute atomic E-state index is 0.242. The summed E-state index contributed by atoms with van der Waals surface area (Å²) in [5, 5.41) is 9.44. The average molecular weight is 507 g/mol. The van der Waals surface area contributed by atoms with E-state index in [1.165, 1.54) is 11.1 Å². The van der Waals surface area contributed by atoms with Crippen molar-refractivity contribution in [2.45, 2.75) is 57.3 Å². The number of nitrogens with one attached hydrogen (secondary N) is 1. The van der Waals surface area contributed by atoms with E-state index in [0.717, 1.165) is 44.1 Å². The van der Waals surface area contributed by atoms with Crippen LogP contribution in [0.4, 0.5) is 28.5 Å². The van der Waals surface area contributed by atoms with Gasteiger partial charge >= 0.3 is 6.18 Å². The highest BCUT2D eigenvalue weighted by molar-refractivity contribution is 7.10. The summed E-state index contributed by atoms with van der Waals surface area (Å²) >= 11 is 1.55. The Labute approximate surface area is 204 Å². The van der Waals surface area contributed by atoms with E-state index in [-0.39, 0.29) is 11.6 Å². The number of halogens is 4. The van der Waals surface area contributed by atoms with Crippen LogP contribution >= 0.6 is 11.5 Å². The van der Waals surface area contributed by atoms with Crippen molar-refractivity contribution in [3.8, 4) is 0 Å². The van der Waals surface area contributed by atoms with Crippen LogP contribution in [0.25, 0.3) is 0 Å². The van der Waals surface area contributed by atoms with Gasteiger partial charge in [-0.15, -0.1) is 5.10 Å². The number of fused-ring (bicyclic) bond motifs is 3. The molecule has 0 amide bonds. The zero-order valence-electron chi connectivity index (χ0n) is 19.2. The third-order valence-electron chi connectivity index (χ3n) is 7.63. The van der Waals surface area contributed by atoms with E-state index in [1.807, 2.05) is 6.92 Å². The Hall–Kier alpha value is -2.69. The number of hydrogen-bond acceptors (Lipinski definition) is 6. The molecule has 4 atom stereocenters. The van der Waals surface area contributed by atoms with Gasteiger partial charge in [0, 0.05) is 31.6 Å². The van der Waals surface area contributed by atoms with Gasteiger partial charge in [0.15, 0.2) is 0 Å². The molecule has 1 saturated heterocycles. The molecule has 2 fully saturated rings. The molecule has 186 valence electrons. The van der Waals surface area contributed by atoms with Crippen molar-refractivity contribution in [2.24, 2.45) is 11.8 Å². The molecule has 2 aliphatic heterocycles. The number of hydrogen-bond donors (Lipinski definition) is 1. The molecular formula is C24H26F4N6S. The molecule has 2 bridgehead atoms. The fourth-order valence-electron chi connectivity index (χ4n) is 5.98. The minimum atomic E-state index is -4.57. The molecule has 0 radical (unpaired) electrons. The van der Waals surface area contributed by atoms with Crippen molar-refractivity contribution < 1.29 is 17.6 Å². The molecule has 0 spiro atoms. The first-order chi connectivity index (χ1) is 16.8.